The van der Waals surface area contributed by atoms with Crippen molar-refractivity contribution in [3.8, 4) is 5.75 Å². The Morgan fingerprint density at radius 2 is 2.10 bits per heavy atom. The SMILES string of the molecule is CCCNC(C)c1cc(Br)ccc1OC1CCN(C)CC1. The van der Waals surface area contributed by atoms with Crippen LogP contribution in [0, 0.1) is 0 Å². The lowest BCUT2D eigenvalue weighted by molar-refractivity contribution is 0.113. The fourth-order valence-corrected chi connectivity index (χ4v) is 3.10. The molecule has 1 atom stereocenters. The molecule has 1 heterocycles. The molecule has 0 spiro atoms. The zero-order valence-electron chi connectivity index (χ0n) is 13.4. The first-order chi connectivity index (χ1) is 10.1. The van der Waals surface area contributed by atoms with Crippen molar-refractivity contribution < 1.29 is 4.74 Å². The fourth-order valence-electron chi connectivity index (χ4n) is 2.72. The molecule has 3 nitrogen and oxygen atoms in total. The molecule has 21 heavy (non-hydrogen) atoms. The smallest absolute Gasteiger partial charge is 0.124 e. The molecule has 1 fully saturated rings. The Morgan fingerprint density at radius 1 is 1.38 bits per heavy atom. The molecule has 0 bridgehead atoms. The van der Waals surface area contributed by atoms with Gasteiger partial charge in [-0.05, 0) is 58.0 Å². The summed E-state index contributed by atoms with van der Waals surface area (Å²) in [4.78, 5) is 2.37. The number of hydrogen-bond acceptors (Lipinski definition) is 3. The van der Waals surface area contributed by atoms with E-state index in [1.54, 1.807) is 0 Å². The second-order valence-electron chi connectivity index (χ2n) is 5.98. The highest BCUT2D eigenvalue weighted by Gasteiger charge is 2.20. The first kappa shape index (κ1) is 16.8. The van der Waals surface area contributed by atoms with Gasteiger partial charge in [-0.2, -0.15) is 0 Å². The van der Waals surface area contributed by atoms with Gasteiger partial charge in [0, 0.05) is 29.2 Å². The zero-order chi connectivity index (χ0) is 15.2. The van der Waals surface area contributed by atoms with Crippen LogP contribution in [0.4, 0.5) is 0 Å². The van der Waals surface area contributed by atoms with Crippen LogP contribution in [0.1, 0.15) is 44.7 Å². The molecule has 0 radical (unpaired) electrons. The Bertz CT molecular complexity index is 444. The summed E-state index contributed by atoms with van der Waals surface area (Å²) in [7, 11) is 2.18. The number of rotatable bonds is 6. The number of nitrogens with one attached hydrogen (secondary N) is 1. The van der Waals surface area contributed by atoms with E-state index in [0.29, 0.717) is 12.1 Å². The van der Waals surface area contributed by atoms with E-state index in [2.05, 4.69) is 65.2 Å². The summed E-state index contributed by atoms with van der Waals surface area (Å²) in [6.45, 7) is 7.68. The summed E-state index contributed by atoms with van der Waals surface area (Å²) >= 11 is 3.58. The van der Waals surface area contributed by atoms with Crippen LogP contribution in [-0.2, 0) is 0 Å². The zero-order valence-corrected chi connectivity index (χ0v) is 14.9. The molecule has 1 aliphatic rings. The highest BCUT2D eigenvalue weighted by molar-refractivity contribution is 9.10. The van der Waals surface area contributed by atoms with Crippen LogP contribution < -0.4 is 10.1 Å². The Hall–Kier alpha value is -0.580. The van der Waals surface area contributed by atoms with Gasteiger partial charge in [-0.3, -0.25) is 0 Å². The second kappa shape index (κ2) is 8.16. The molecule has 2 rings (SSSR count). The average molecular weight is 355 g/mol. The van der Waals surface area contributed by atoms with Gasteiger partial charge in [0.2, 0.25) is 0 Å². The molecular formula is C17H27BrN2O. The predicted molar refractivity (Wildman–Crippen MR) is 92.0 cm³/mol. The van der Waals surface area contributed by atoms with Gasteiger partial charge in [0.25, 0.3) is 0 Å². The largest absolute Gasteiger partial charge is 0.490 e. The van der Waals surface area contributed by atoms with Crippen LogP contribution in [0.15, 0.2) is 22.7 Å². The highest BCUT2D eigenvalue weighted by atomic mass is 79.9. The Balaban J connectivity index is 2.07. The number of piperidine rings is 1. The van der Waals surface area contributed by atoms with Crippen molar-refractivity contribution >= 4 is 15.9 Å². The highest BCUT2D eigenvalue weighted by Crippen LogP contribution is 2.30. The number of hydrogen-bond donors (Lipinski definition) is 1. The van der Waals surface area contributed by atoms with Gasteiger partial charge < -0.3 is 15.0 Å². The maximum atomic E-state index is 6.30. The normalized spacial score (nSPS) is 18.7. The van der Waals surface area contributed by atoms with Crippen LogP contribution in [0.5, 0.6) is 5.75 Å². The number of halogens is 1. The van der Waals surface area contributed by atoms with Crippen LogP contribution in [0.3, 0.4) is 0 Å². The van der Waals surface area contributed by atoms with Crippen molar-refractivity contribution in [1.82, 2.24) is 10.2 Å². The summed E-state index contributed by atoms with van der Waals surface area (Å²) in [5.74, 6) is 1.03. The third kappa shape index (κ3) is 4.97. The van der Waals surface area contributed by atoms with E-state index in [9.17, 15) is 0 Å². The minimum Gasteiger partial charge on any atom is -0.490 e. The Morgan fingerprint density at radius 3 is 2.76 bits per heavy atom. The molecule has 118 valence electrons. The molecule has 4 heteroatoms. The first-order valence-corrected chi connectivity index (χ1v) is 8.77. The predicted octanol–water partition coefficient (Wildman–Crippen LogP) is 3.98. The standard InChI is InChI=1S/C17H27BrN2O/c1-4-9-19-13(2)16-12-14(18)5-6-17(16)21-15-7-10-20(3)11-8-15/h5-6,12-13,15,19H,4,7-11H2,1-3H3. The van der Waals surface area contributed by atoms with E-state index in [1.165, 1.54) is 5.56 Å². The van der Waals surface area contributed by atoms with Gasteiger partial charge >= 0.3 is 0 Å². The van der Waals surface area contributed by atoms with E-state index in [-0.39, 0.29) is 0 Å². The average Bonchev–Trinajstić information content (AvgIpc) is 2.49. The maximum absolute atomic E-state index is 6.30. The summed E-state index contributed by atoms with van der Waals surface area (Å²) < 4.78 is 7.41. The van der Waals surface area contributed by atoms with E-state index >= 15 is 0 Å². The molecular weight excluding hydrogens is 328 g/mol. The minimum atomic E-state index is 0.309. The third-order valence-electron chi connectivity index (χ3n) is 4.10. The van der Waals surface area contributed by atoms with Crippen LogP contribution >= 0.6 is 15.9 Å². The lowest BCUT2D eigenvalue weighted by Crippen LogP contribution is -2.36. The van der Waals surface area contributed by atoms with Crippen LogP contribution in [0.25, 0.3) is 0 Å². The van der Waals surface area contributed by atoms with Crippen molar-refractivity contribution in [2.45, 2.75) is 45.3 Å². The number of nitrogens with zero attached hydrogens (tertiary/aromatic N) is 1. The van der Waals surface area contributed by atoms with Crippen molar-refractivity contribution in [3.63, 3.8) is 0 Å². The number of likely N-dealkylation sites (tertiary alicyclic amines) is 1. The topological polar surface area (TPSA) is 24.5 Å². The molecule has 1 unspecified atom stereocenters. The lowest BCUT2D eigenvalue weighted by atomic mass is 10.1. The van der Waals surface area contributed by atoms with Crippen LogP contribution in [0.2, 0.25) is 0 Å². The molecule has 0 aromatic heterocycles. The van der Waals surface area contributed by atoms with Crippen molar-refractivity contribution in [2.24, 2.45) is 0 Å². The molecule has 1 N–H and O–H groups in total. The fraction of sp³-hybridized carbons (Fsp3) is 0.647. The van der Waals surface area contributed by atoms with Gasteiger partial charge in [-0.15, -0.1) is 0 Å². The monoisotopic (exact) mass is 354 g/mol. The van der Waals surface area contributed by atoms with Gasteiger partial charge in [-0.1, -0.05) is 22.9 Å². The lowest BCUT2D eigenvalue weighted by Gasteiger charge is -2.30. The van der Waals surface area contributed by atoms with Gasteiger partial charge in [0.05, 0.1) is 0 Å². The molecule has 0 aliphatic carbocycles. The Kier molecular flexibility index (Phi) is 6.52. The molecule has 0 saturated carbocycles. The molecule has 1 saturated heterocycles. The third-order valence-corrected chi connectivity index (χ3v) is 4.59. The molecule has 1 aromatic carbocycles. The summed E-state index contributed by atoms with van der Waals surface area (Å²) in [5, 5.41) is 3.55. The molecule has 1 aliphatic heterocycles. The van der Waals surface area contributed by atoms with E-state index < -0.39 is 0 Å². The quantitative estimate of drug-likeness (QED) is 0.835. The van der Waals surface area contributed by atoms with Gasteiger partial charge in [0.15, 0.2) is 0 Å². The number of ether oxygens (including phenoxy) is 1. The Labute approximate surface area is 137 Å². The summed E-state index contributed by atoms with van der Waals surface area (Å²) in [6.07, 6.45) is 3.72. The van der Waals surface area contributed by atoms with Crippen molar-refractivity contribution in [1.29, 1.82) is 0 Å². The maximum Gasteiger partial charge on any atom is 0.124 e. The van der Waals surface area contributed by atoms with E-state index in [1.807, 2.05) is 0 Å². The molecule has 0 amide bonds. The minimum absolute atomic E-state index is 0.309. The van der Waals surface area contributed by atoms with Gasteiger partial charge in [0.1, 0.15) is 11.9 Å². The van der Waals surface area contributed by atoms with Crippen molar-refractivity contribution in [3.05, 3.63) is 28.2 Å². The summed E-state index contributed by atoms with van der Waals surface area (Å²) in [5.41, 5.74) is 1.25. The molecule has 1 aromatic rings. The number of benzene rings is 1. The van der Waals surface area contributed by atoms with Crippen LogP contribution in [-0.4, -0.2) is 37.7 Å². The second-order valence-corrected chi connectivity index (χ2v) is 6.89. The first-order valence-electron chi connectivity index (χ1n) is 7.98. The summed E-state index contributed by atoms with van der Waals surface area (Å²) in [6, 6.07) is 6.66. The van der Waals surface area contributed by atoms with Crippen molar-refractivity contribution in [2.75, 3.05) is 26.7 Å². The van der Waals surface area contributed by atoms with E-state index in [0.717, 1.165) is 49.1 Å². The van der Waals surface area contributed by atoms with Gasteiger partial charge in [-0.25, -0.2) is 0 Å². The van der Waals surface area contributed by atoms with E-state index in [4.69, 9.17) is 4.74 Å².